The molecule has 0 atom stereocenters. The lowest BCUT2D eigenvalue weighted by molar-refractivity contribution is 0.297. The zero-order chi connectivity index (χ0) is 14.7. The van der Waals surface area contributed by atoms with E-state index in [-0.39, 0.29) is 18.3 Å². The van der Waals surface area contributed by atoms with Crippen LogP contribution in [0.2, 0.25) is 0 Å². The van der Waals surface area contributed by atoms with E-state index in [9.17, 15) is 8.78 Å². The van der Waals surface area contributed by atoms with Crippen molar-refractivity contribution in [3.8, 4) is 5.75 Å². The molecule has 0 aliphatic carbocycles. The molecule has 2 rings (SSSR count). The Morgan fingerprint density at radius 1 is 1.20 bits per heavy atom. The van der Waals surface area contributed by atoms with Crippen LogP contribution in [-0.2, 0) is 6.61 Å². The molecule has 0 spiro atoms. The highest BCUT2D eigenvalue weighted by atomic mass is 79.9. The molecule has 6 heteroatoms. The van der Waals surface area contributed by atoms with E-state index in [1.54, 1.807) is 6.07 Å². The van der Waals surface area contributed by atoms with Crippen molar-refractivity contribution in [1.29, 1.82) is 5.41 Å². The predicted octanol–water partition coefficient (Wildman–Crippen LogP) is 3.59. The van der Waals surface area contributed by atoms with Gasteiger partial charge in [0.2, 0.25) is 0 Å². The number of benzene rings is 2. The Morgan fingerprint density at radius 3 is 2.55 bits per heavy atom. The summed E-state index contributed by atoms with van der Waals surface area (Å²) in [4.78, 5) is 0. The van der Waals surface area contributed by atoms with Crippen molar-refractivity contribution in [2.75, 3.05) is 0 Å². The third-order valence-electron chi connectivity index (χ3n) is 2.64. The van der Waals surface area contributed by atoms with E-state index in [4.69, 9.17) is 15.9 Å². The van der Waals surface area contributed by atoms with Crippen LogP contribution < -0.4 is 10.5 Å². The van der Waals surface area contributed by atoms with E-state index >= 15 is 0 Å². The van der Waals surface area contributed by atoms with Gasteiger partial charge in [-0.05, 0) is 40.2 Å². The van der Waals surface area contributed by atoms with Crippen LogP contribution in [0.1, 0.15) is 11.1 Å². The fourth-order valence-electron chi connectivity index (χ4n) is 1.58. The van der Waals surface area contributed by atoms with Gasteiger partial charge in [-0.1, -0.05) is 12.1 Å². The lowest BCUT2D eigenvalue weighted by Crippen LogP contribution is -2.12. The van der Waals surface area contributed by atoms with Gasteiger partial charge < -0.3 is 10.5 Å². The summed E-state index contributed by atoms with van der Waals surface area (Å²) >= 11 is 3.17. The first kappa shape index (κ1) is 14.5. The Balaban J connectivity index is 2.13. The maximum Gasteiger partial charge on any atom is 0.134 e. The monoisotopic (exact) mass is 340 g/mol. The van der Waals surface area contributed by atoms with Crippen molar-refractivity contribution in [2.45, 2.75) is 6.61 Å². The van der Waals surface area contributed by atoms with Crippen LogP contribution in [0.25, 0.3) is 0 Å². The maximum absolute atomic E-state index is 13.8. The van der Waals surface area contributed by atoms with Crippen LogP contribution in [-0.4, -0.2) is 5.84 Å². The molecule has 0 aliphatic heterocycles. The Bertz CT molecular complexity index is 662. The maximum atomic E-state index is 13.8. The van der Waals surface area contributed by atoms with Gasteiger partial charge >= 0.3 is 0 Å². The fourth-order valence-corrected chi connectivity index (χ4v) is 2.04. The molecule has 3 N–H and O–H groups in total. The molecule has 0 unspecified atom stereocenters. The molecule has 0 fully saturated rings. The van der Waals surface area contributed by atoms with Gasteiger partial charge in [-0.25, -0.2) is 8.78 Å². The van der Waals surface area contributed by atoms with Gasteiger partial charge in [0, 0.05) is 11.1 Å². The average molecular weight is 341 g/mol. The zero-order valence-electron chi connectivity index (χ0n) is 10.3. The van der Waals surface area contributed by atoms with E-state index in [0.29, 0.717) is 21.3 Å². The van der Waals surface area contributed by atoms with Crippen molar-refractivity contribution in [3.05, 3.63) is 63.6 Å². The second-order valence-electron chi connectivity index (χ2n) is 4.08. The highest BCUT2D eigenvalue weighted by Crippen LogP contribution is 2.26. The number of halogens is 3. The highest BCUT2D eigenvalue weighted by molar-refractivity contribution is 9.10. The standard InChI is InChI=1S/C14H11BrF2N2O/c15-11-6-10(16)3-4-13(11)20-7-9-2-1-8(14(18)19)5-12(9)17/h1-6H,7H2,(H3,18,19). The fraction of sp³-hybridized carbons (Fsp3) is 0.0714. The van der Waals surface area contributed by atoms with Crippen molar-refractivity contribution < 1.29 is 13.5 Å². The summed E-state index contributed by atoms with van der Waals surface area (Å²) in [6, 6.07) is 8.22. The van der Waals surface area contributed by atoms with Gasteiger partial charge in [0.05, 0.1) is 4.47 Å². The molecule has 0 saturated heterocycles. The third-order valence-corrected chi connectivity index (χ3v) is 3.26. The van der Waals surface area contributed by atoms with Crippen LogP contribution in [0.3, 0.4) is 0 Å². The van der Waals surface area contributed by atoms with Crippen LogP contribution >= 0.6 is 15.9 Å². The van der Waals surface area contributed by atoms with Crippen molar-refractivity contribution in [2.24, 2.45) is 5.73 Å². The predicted molar refractivity (Wildman–Crippen MR) is 75.8 cm³/mol. The first-order chi connectivity index (χ1) is 9.47. The van der Waals surface area contributed by atoms with E-state index in [0.717, 1.165) is 0 Å². The smallest absolute Gasteiger partial charge is 0.134 e. The molecule has 0 bridgehead atoms. The number of hydrogen-bond acceptors (Lipinski definition) is 2. The normalized spacial score (nSPS) is 10.3. The van der Waals surface area contributed by atoms with Gasteiger partial charge in [-0.2, -0.15) is 0 Å². The molecule has 20 heavy (non-hydrogen) atoms. The lowest BCUT2D eigenvalue weighted by atomic mass is 10.1. The molecular formula is C14H11BrF2N2O. The number of nitrogens with two attached hydrogens (primary N) is 1. The number of rotatable bonds is 4. The molecule has 0 radical (unpaired) electrons. The third kappa shape index (κ3) is 3.33. The minimum absolute atomic E-state index is 0.00570. The molecule has 0 heterocycles. The van der Waals surface area contributed by atoms with Crippen molar-refractivity contribution in [3.63, 3.8) is 0 Å². The topological polar surface area (TPSA) is 59.1 Å². The SMILES string of the molecule is N=C(N)c1ccc(COc2ccc(F)cc2Br)c(F)c1. The van der Waals surface area contributed by atoms with Gasteiger partial charge in [0.15, 0.2) is 0 Å². The first-order valence-electron chi connectivity index (χ1n) is 5.68. The largest absolute Gasteiger partial charge is 0.488 e. The van der Waals surface area contributed by atoms with Crippen LogP contribution in [0, 0.1) is 17.0 Å². The second-order valence-corrected chi connectivity index (χ2v) is 4.94. The minimum Gasteiger partial charge on any atom is -0.488 e. The number of amidine groups is 1. The second kappa shape index (κ2) is 6.00. The van der Waals surface area contributed by atoms with E-state index < -0.39 is 5.82 Å². The van der Waals surface area contributed by atoms with E-state index in [2.05, 4.69) is 15.9 Å². The van der Waals surface area contributed by atoms with Crippen LogP contribution in [0.4, 0.5) is 8.78 Å². The Labute approximate surface area is 123 Å². The number of nitrogen functional groups attached to an aromatic ring is 1. The molecule has 2 aromatic rings. The summed E-state index contributed by atoms with van der Waals surface area (Å²) in [6.45, 7) is -0.00570. The van der Waals surface area contributed by atoms with Gasteiger partial charge in [0.25, 0.3) is 0 Å². The molecule has 0 saturated carbocycles. The molecule has 0 aliphatic rings. The lowest BCUT2D eigenvalue weighted by Gasteiger charge is -2.09. The van der Waals surface area contributed by atoms with Crippen molar-refractivity contribution in [1.82, 2.24) is 0 Å². The van der Waals surface area contributed by atoms with E-state index in [1.165, 1.54) is 30.3 Å². The van der Waals surface area contributed by atoms with Gasteiger partial charge in [-0.3, -0.25) is 5.41 Å². The average Bonchev–Trinajstić information content (AvgIpc) is 2.38. The molecule has 0 amide bonds. The number of ether oxygens (including phenoxy) is 1. The molecule has 104 valence electrons. The summed E-state index contributed by atoms with van der Waals surface area (Å²) in [6.07, 6.45) is 0. The summed E-state index contributed by atoms with van der Waals surface area (Å²) in [7, 11) is 0. The summed E-state index contributed by atoms with van der Waals surface area (Å²) in [5.41, 5.74) is 5.91. The highest BCUT2D eigenvalue weighted by Gasteiger charge is 2.08. The summed E-state index contributed by atoms with van der Waals surface area (Å²) < 4.78 is 32.6. The van der Waals surface area contributed by atoms with Crippen LogP contribution in [0.15, 0.2) is 40.9 Å². The van der Waals surface area contributed by atoms with Gasteiger partial charge in [0.1, 0.15) is 29.8 Å². The minimum atomic E-state index is -0.504. The molecular weight excluding hydrogens is 330 g/mol. The quantitative estimate of drug-likeness (QED) is 0.660. The number of nitrogens with one attached hydrogen (secondary N) is 1. The zero-order valence-corrected chi connectivity index (χ0v) is 11.9. The van der Waals surface area contributed by atoms with Gasteiger partial charge in [-0.15, -0.1) is 0 Å². The Hall–Kier alpha value is -1.95. The van der Waals surface area contributed by atoms with Crippen LogP contribution in [0.5, 0.6) is 5.75 Å². The number of hydrogen-bond donors (Lipinski definition) is 2. The summed E-state index contributed by atoms with van der Waals surface area (Å²) in [5, 5.41) is 7.23. The summed E-state index contributed by atoms with van der Waals surface area (Å²) in [5.74, 6) is -0.670. The Morgan fingerprint density at radius 2 is 1.95 bits per heavy atom. The van der Waals surface area contributed by atoms with E-state index in [1.807, 2.05) is 0 Å². The molecule has 3 nitrogen and oxygen atoms in total. The molecule has 0 aromatic heterocycles. The first-order valence-corrected chi connectivity index (χ1v) is 6.47. The molecule has 2 aromatic carbocycles. The van der Waals surface area contributed by atoms with Crippen molar-refractivity contribution >= 4 is 21.8 Å². The Kier molecular flexibility index (Phi) is 4.34.